The van der Waals surface area contributed by atoms with E-state index in [9.17, 15) is 4.79 Å². The lowest BCUT2D eigenvalue weighted by atomic mass is 10.0. The predicted octanol–water partition coefficient (Wildman–Crippen LogP) is 4.15. The van der Waals surface area contributed by atoms with Gasteiger partial charge in [-0.05, 0) is 32.1 Å². The van der Waals surface area contributed by atoms with Gasteiger partial charge in [-0.1, -0.05) is 38.5 Å². The van der Waals surface area contributed by atoms with E-state index in [1.165, 1.54) is 57.8 Å². The Morgan fingerprint density at radius 1 is 1.00 bits per heavy atom. The van der Waals surface area contributed by atoms with Crippen LogP contribution in [0.4, 0.5) is 0 Å². The Hall–Kier alpha value is -0.570. The summed E-state index contributed by atoms with van der Waals surface area (Å²) in [6.45, 7) is 0.967. The van der Waals surface area contributed by atoms with Crippen molar-refractivity contribution in [3.63, 3.8) is 0 Å². The molecule has 0 aromatic rings. The van der Waals surface area contributed by atoms with Gasteiger partial charge >= 0.3 is 5.97 Å². The maximum absolute atomic E-state index is 10.3. The fourth-order valence-corrected chi connectivity index (χ4v) is 2.57. The summed E-state index contributed by atoms with van der Waals surface area (Å²) in [5.41, 5.74) is 0. The number of carbonyl (C=O) groups is 1. The van der Waals surface area contributed by atoms with Gasteiger partial charge in [0.05, 0.1) is 6.10 Å². The zero-order chi connectivity index (χ0) is 13.1. The monoisotopic (exact) mass is 256 g/mol. The number of carboxylic acid groups (broad SMARTS) is 1. The van der Waals surface area contributed by atoms with Gasteiger partial charge < -0.3 is 9.84 Å². The molecular formula is C15H28O3. The molecule has 18 heavy (non-hydrogen) atoms. The van der Waals surface area contributed by atoms with Gasteiger partial charge in [0.1, 0.15) is 0 Å². The Morgan fingerprint density at radius 2 is 1.67 bits per heavy atom. The van der Waals surface area contributed by atoms with Crippen molar-refractivity contribution < 1.29 is 14.6 Å². The molecule has 3 heteroatoms. The average molecular weight is 256 g/mol. The molecule has 3 nitrogen and oxygen atoms in total. The molecule has 1 saturated heterocycles. The van der Waals surface area contributed by atoms with Crippen LogP contribution in [0.5, 0.6) is 0 Å². The minimum Gasteiger partial charge on any atom is -0.481 e. The molecule has 0 bridgehead atoms. The van der Waals surface area contributed by atoms with Crippen LogP contribution in [0.15, 0.2) is 0 Å². The maximum Gasteiger partial charge on any atom is 0.303 e. The van der Waals surface area contributed by atoms with E-state index in [0.717, 1.165) is 19.4 Å². The van der Waals surface area contributed by atoms with Crippen LogP contribution in [0, 0.1) is 0 Å². The Labute approximate surface area is 111 Å². The normalized spacial score (nSPS) is 19.9. The lowest BCUT2D eigenvalue weighted by Crippen LogP contribution is -2.18. The van der Waals surface area contributed by atoms with Crippen molar-refractivity contribution in [2.45, 2.75) is 83.2 Å². The highest BCUT2D eigenvalue weighted by Gasteiger charge is 2.12. The number of aliphatic carboxylic acids is 1. The molecule has 106 valence electrons. The van der Waals surface area contributed by atoms with E-state index in [0.29, 0.717) is 12.5 Å². The summed E-state index contributed by atoms with van der Waals surface area (Å²) >= 11 is 0. The molecule has 1 rings (SSSR count). The summed E-state index contributed by atoms with van der Waals surface area (Å²) < 4.78 is 5.70. The molecule has 0 aromatic carbocycles. The first-order chi connectivity index (χ1) is 8.79. The van der Waals surface area contributed by atoms with E-state index in [-0.39, 0.29) is 0 Å². The summed E-state index contributed by atoms with van der Waals surface area (Å²) in [5, 5.41) is 8.50. The zero-order valence-electron chi connectivity index (χ0n) is 11.5. The summed E-state index contributed by atoms with van der Waals surface area (Å²) in [4.78, 5) is 10.3. The summed E-state index contributed by atoms with van der Waals surface area (Å²) in [6.07, 6.45) is 14.2. The molecule has 1 heterocycles. The van der Waals surface area contributed by atoms with Crippen molar-refractivity contribution in [3.05, 3.63) is 0 Å². The van der Waals surface area contributed by atoms with Crippen molar-refractivity contribution in [3.8, 4) is 0 Å². The van der Waals surface area contributed by atoms with E-state index in [4.69, 9.17) is 9.84 Å². The number of hydrogen-bond donors (Lipinski definition) is 1. The van der Waals surface area contributed by atoms with Gasteiger partial charge in [-0.2, -0.15) is 0 Å². The molecule has 1 atom stereocenters. The number of carboxylic acids is 1. The van der Waals surface area contributed by atoms with Crippen LogP contribution in [0.3, 0.4) is 0 Å². The summed E-state index contributed by atoms with van der Waals surface area (Å²) in [6, 6.07) is 0. The largest absolute Gasteiger partial charge is 0.481 e. The Morgan fingerprint density at radius 3 is 2.28 bits per heavy atom. The molecule has 1 fully saturated rings. The molecular weight excluding hydrogens is 228 g/mol. The van der Waals surface area contributed by atoms with E-state index in [1.54, 1.807) is 0 Å². The number of ether oxygens (including phenoxy) is 1. The molecule has 0 spiro atoms. The summed E-state index contributed by atoms with van der Waals surface area (Å²) in [5.74, 6) is -0.664. The third-order valence-corrected chi connectivity index (χ3v) is 3.69. The van der Waals surface area contributed by atoms with Crippen molar-refractivity contribution in [1.82, 2.24) is 0 Å². The first-order valence-electron chi connectivity index (χ1n) is 7.62. The van der Waals surface area contributed by atoms with E-state index in [1.807, 2.05) is 0 Å². The highest BCUT2D eigenvalue weighted by atomic mass is 16.5. The lowest BCUT2D eigenvalue weighted by molar-refractivity contribution is -0.137. The Bertz CT molecular complexity index is 210. The minimum atomic E-state index is -0.664. The van der Waals surface area contributed by atoms with Gasteiger partial charge in [-0.3, -0.25) is 4.79 Å². The number of hydrogen-bond acceptors (Lipinski definition) is 2. The fraction of sp³-hybridized carbons (Fsp3) is 0.933. The summed E-state index contributed by atoms with van der Waals surface area (Å²) in [7, 11) is 0. The molecule has 0 aromatic heterocycles. The second kappa shape index (κ2) is 10.4. The third-order valence-electron chi connectivity index (χ3n) is 3.69. The molecule has 0 saturated carbocycles. The molecule has 0 aliphatic carbocycles. The molecule has 1 aliphatic heterocycles. The average Bonchev–Trinajstić information content (AvgIpc) is 2.37. The van der Waals surface area contributed by atoms with Crippen LogP contribution in [0.1, 0.15) is 77.0 Å². The van der Waals surface area contributed by atoms with Gasteiger partial charge in [-0.15, -0.1) is 0 Å². The topological polar surface area (TPSA) is 46.5 Å². The van der Waals surface area contributed by atoms with Gasteiger partial charge in [0.25, 0.3) is 0 Å². The van der Waals surface area contributed by atoms with Gasteiger partial charge in [0.2, 0.25) is 0 Å². The first-order valence-corrected chi connectivity index (χ1v) is 7.62. The van der Waals surface area contributed by atoms with Crippen LogP contribution in [-0.2, 0) is 9.53 Å². The van der Waals surface area contributed by atoms with Gasteiger partial charge in [0, 0.05) is 13.0 Å². The van der Waals surface area contributed by atoms with Crippen molar-refractivity contribution >= 4 is 5.97 Å². The predicted molar refractivity (Wildman–Crippen MR) is 72.8 cm³/mol. The molecule has 1 unspecified atom stereocenters. The molecule has 0 radical (unpaired) electrons. The fourth-order valence-electron chi connectivity index (χ4n) is 2.57. The SMILES string of the molecule is O=C(O)CCCCCCCCCC1CCCCO1. The van der Waals surface area contributed by atoms with E-state index >= 15 is 0 Å². The van der Waals surface area contributed by atoms with Crippen LogP contribution in [0.25, 0.3) is 0 Å². The molecule has 1 N–H and O–H groups in total. The quantitative estimate of drug-likeness (QED) is 0.597. The second-order valence-corrected chi connectivity index (χ2v) is 5.40. The van der Waals surface area contributed by atoms with Crippen LogP contribution in [-0.4, -0.2) is 23.8 Å². The van der Waals surface area contributed by atoms with Crippen LogP contribution < -0.4 is 0 Å². The number of unbranched alkanes of at least 4 members (excludes halogenated alkanes) is 6. The smallest absolute Gasteiger partial charge is 0.303 e. The van der Waals surface area contributed by atoms with E-state index in [2.05, 4.69) is 0 Å². The van der Waals surface area contributed by atoms with E-state index < -0.39 is 5.97 Å². The standard InChI is InChI=1S/C15H28O3/c16-15(17)12-7-5-3-1-2-4-6-10-14-11-8-9-13-18-14/h14H,1-13H2,(H,16,17). The molecule has 0 amide bonds. The van der Waals surface area contributed by atoms with Gasteiger partial charge in [-0.25, -0.2) is 0 Å². The van der Waals surface area contributed by atoms with Crippen molar-refractivity contribution in [1.29, 1.82) is 0 Å². The Kier molecular flexibility index (Phi) is 8.92. The maximum atomic E-state index is 10.3. The van der Waals surface area contributed by atoms with Crippen molar-refractivity contribution in [2.24, 2.45) is 0 Å². The third kappa shape index (κ3) is 8.51. The first kappa shape index (κ1) is 15.5. The van der Waals surface area contributed by atoms with Gasteiger partial charge in [0.15, 0.2) is 0 Å². The van der Waals surface area contributed by atoms with Crippen LogP contribution in [0.2, 0.25) is 0 Å². The highest BCUT2D eigenvalue weighted by molar-refractivity contribution is 5.66. The highest BCUT2D eigenvalue weighted by Crippen LogP contribution is 2.19. The minimum absolute atomic E-state index is 0.332. The molecule has 1 aliphatic rings. The van der Waals surface area contributed by atoms with Crippen molar-refractivity contribution in [2.75, 3.05) is 6.61 Å². The van der Waals surface area contributed by atoms with Crippen LogP contribution >= 0.6 is 0 Å². The second-order valence-electron chi connectivity index (χ2n) is 5.40. The zero-order valence-corrected chi connectivity index (χ0v) is 11.5. The lowest BCUT2D eigenvalue weighted by Gasteiger charge is -2.22. The Balaban J connectivity index is 1.76. The number of rotatable bonds is 10.